The second-order valence-corrected chi connectivity index (χ2v) is 10.2. The predicted molar refractivity (Wildman–Crippen MR) is 134 cm³/mol. The van der Waals surface area contributed by atoms with Crippen molar-refractivity contribution in [2.75, 3.05) is 36.8 Å². The number of benzene rings is 2. The Morgan fingerprint density at radius 1 is 0.970 bits per heavy atom. The summed E-state index contributed by atoms with van der Waals surface area (Å²) in [5.41, 5.74) is 3.99. The SMILES string of the molecule is COC1CCN(c2ccccc2)C1C(C)Cc1cc2c(cc1N1CCCC1C(C)C)OCO2. The third-order valence-corrected chi connectivity index (χ3v) is 7.86. The van der Waals surface area contributed by atoms with E-state index in [0.717, 1.165) is 37.4 Å². The molecule has 0 spiro atoms. The molecule has 5 heteroatoms. The molecule has 4 unspecified atom stereocenters. The lowest BCUT2D eigenvalue weighted by molar-refractivity contribution is 0.0805. The topological polar surface area (TPSA) is 34.2 Å². The lowest BCUT2D eigenvalue weighted by Gasteiger charge is -2.36. The summed E-state index contributed by atoms with van der Waals surface area (Å²) in [5.74, 6) is 2.83. The van der Waals surface area contributed by atoms with Gasteiger partial charge in [-0.25, -0.2) is 0 Å². The summed E-state index contributed by atoms with van der Waals surface area (Å²) < 4.78 is 17.6. The molecule has 0 amide bonds. The second-order valence-electron chi connectivity index (χ2n) is 10.2. The van der Waals surface area contributed by atoms with Crippen LogP contribution in [0.1, 0.15) is 45.6 Å². The highest BCUT2D eigenvalue weighted by Crippen LogP contribution is 2.43. The molecule has 2 aromatic rings. The van der Waals surface area contributed by atoms with Gasteiger partial charge in [-0.05, 0) is 61.3 Å². The molecule has 5 rings (SSSR count). The van der Waals surface area contributed by atoms with Gasteiger partial charge in [0.15, 0.2) is 11.5 Å². The van der Waals surface area contributed by atoms with E-state index in [1.165, 1.54) is 29.8 Å². The summed E-state index contributed by atoms with van der Waals surface area (Å²) in [6, 6.07) is 16.2. The van der Waals surface area contributed by atoms with Gasteiger partial charge in [-0.2, -0.15) is 0 Å². The van der Waals surface area contributed by atoms with Crippen LogP contribution in [0.5, 0.6) is 11.5 Å². The second kappa shape index (κ2) is 9.46. The highest BCUT2D eigenvalue weighted by Gasteiger charge is 2.39. The summed E-state index contributed by atoms with van der Waals surface area (Å²) in [5, 5.41) is 0. The molecule has 0 radical (unpaired) electrons. The maximum atomic E-state index is 5.99. The van der Waals surface area contributed by atoms with Gasteiger partial charge in [-0.15, -0.1) is 0 Å². The van der Waals surface area contributed by atoms with Crippen LogP contribution in [0.25, 0.3) is 0 Å². The minimum atomic E-state index is 0.243. The number of methoxy groups -OCH3 is 1. The molecule has 0 bridgehead atoms. The predicted octanol–water partition coefficient (Wildman–Crippen LogP) is 5.51. The molecule has 3 heterocycles. The Hall–Kier alpha value is -2.40. The van der Waals surface area contributed by atoms with E-state index in [1.54, 1.807) is 0 Å². The first-order chi connectivity index (χ1) is 16.1. The molecule has 4 atom stereocenters. The number of ether oxygens (including phenoxy) is 3. The van der Waals surface area contributed by atoms with E-state index in [4.69, 9.17) is 14.2 Å². The zero-order valence-electron chi connectivity index (χ0n) is 20.5. The lowest BCUT2D eigenvalue weighted by atomic mass is 9.89. The maximum Gasteiger partial charge on any atom is 0.231 e. The maximum absolute atomic E-state index is 5.99. The molecule has 0 aromatic heterocycles. The van der Waals surface area contributed by atoms with Gasteiger partial charge in [0.05, 0.1) is 12.1 Å². The van der Waals surface area contributed by atoms with Gasteiger partial charge in [-0.1, -0.05) is 39.0 Å². The number of fused-ring (bicyclic) bond motifs is 1. The average molecular weight is 451 g/mol. The van der Waals surface area contributed by atoms with Crippen molar-refractivity contribution in [2.45, 2.75) is 64.6 Å². The largest absolute Gasteiger partial charge is 0.454 e. The van der Waals surface area contributed by atoms with E-state index in [2.05, 4.69) is 73.0 Å². The van der Waals surface area contributed by atoms with E-state index in [9.17, 15) is 0 Å². The van der Waals surface area contributed by atoms with Crippen molar-refractivity contribution >= 4 is 11.4 Å². The van der Waals surface area contributed by atoms with Gasteiger partial charge in [0.2, 0.25) is 6.79 Å². The molecule has 0 saturated carbocycles. The van der Waals surface area contributed by atoms with Crippen molar-refractivity contribution in [1.29, 1.82) is 0 Å². The van der Waals surface area contributed by atoms with Gasteiger partial charge >= 0.3 is 0 Å². The Bertz CT molecular complexity index is 948. The number of para-hydroxylation sites is 1. The molecule has 5 nitrogen and oxygen atoms in total. The third kappa shape index (κ3) is 4.28. The first-order valence-electron chi connectivity index (χ1n) is 12.6. The minimum absolute atomic E-state index is 0.243. The van der Waals surface area contributed by atoms with E-state index in [1.807, 2.05) is 7.11 Å². The Morgan fingerprint density at radius 2 is 1.73 bits per heavy atom. The quantitative estimate of drug-likeness (QED) is 0.555. The van der Waals surface area contributed by atoms with Crippen LogP contribution in [0.15, 0.2) is 42.5 Å². The van der Waals surface area contributed by atoms with Crippen molar-refractivity contribution in [3.05, 3.63) is 48.0 Å². The molecule has 178 valence electrons. The summed E-state index contributed by atoms with van der Waals surface area (Å²) in [4.78, 5) is 5.18. The van der Waals surface area contributed by atoms with Gasteiger partial charge in [0, 0.05) is 43.7 Å². The van der Waals surface area contributed by atoms with Crippen molar-refractivity contribution in [2.24, 2.45) is 11.8 Å². The number of nitrogens with zero attached hydrogens (tertiary/aromatic N) is 2. The Balaban J connectivity index is 1.46. The first kappa shape index (κ1) is 22.4. The lowest BCUT2D eigenvalue weighted by Crippen LogP contribution is -2.42. The van der Waals surface area contributed by atoms with Crippen LogP contribution in [0.3, 0.4) is 0 Å². The number of hydrogen-bond acceptors (Lipinski definition) is 5. The fraction of sp³-hybridized carbons (Fsp3) is 0.571. The summed E-state index contributed by atoms with van der Waals surface area (Å²) >= 11 is 0. The van der Waals surface area contributed by atoms with E-state index >= 15 is 0 Å². The molecule has 33 heavy (non-hydrogen) atoms. The molecular weight excluding hydrogens is 412 g/mol. The summed E-state index contributed by atoms with van der Waals surface area (Å²) in [6.07, 6.45) is 4.81. The van der Waals surface area contributed by atoms with Crippen LogP contribution in [-0.4, -0.2) is 45.2 Å². The van der Waals surface area contributed by atoms with Crippen LogP contribution in [0.4, 0.5) is 11.4 Å². The summed E-state index contributed by atoms with van der Waals surface area (Å²) in [6.45, 7) is 9.54. The van der Waals surface area contributed by atoms with E-state index in [-0.39, 0.29) is 6.10 Å². The normalized spacial score (nSPS) is 25.3. The van der Waals surface area contributed by atoms with Crippen molar-refractivity contribution in [3.8, 4) is 11.5 Å². The Morgan fingerprint density at radius 3 is 2.45 bits per heavy atom. The third-order valence-electron chi connectivity index (χ3n) is 7.86. The highest BCUT2D eigenvalue weighted by molar-refractivity contribution is 5.64. The smallest absolute Gasteiger partial charge is 0.231 e. The standard InChI is InChI=1S/C28H38N2O3/c1-19(2)23-11-8-13-30(23)24-17-27-26(32-18-33-27)16-21(24)15-20(3)28-25(31-4)12-14-29(28)22-9-6-5-7-10-22/h5-7,9-10,16-17,19-20,23,25,28H,8,11-15,18H2,1-4H3. The molecular formula is C28H38N2O3. The van der Waals surface area contributed by atoms with Gasteiger partial charge in [0.25, 0.3) is 0 Å². The zero-order chi connectivity index (χ0) is 22.9. The van der Waals surface area contributed by atoms with Crippen molar-refractivity contribution in [3.63, 3.8) is 0 Å². The monoisotopic (exact) mass is 450 g/mol. The molecule has 3 aliphatic rings. The summed E-state index contributed by atoms with van der Waals surface area (Å²) in [7, 11) is 1.86. The first-order valence-corrected chi connectivity index (χ1v) is 12.6. The molecule has 0 N–H and O–H groups in total. The fourth-order valence-electron chi connectivity index (χ4n) is 6.30. The molecule has 2 saturated heterocycles. The number of hydrogen-bond donors (Lipinski definition) is 0. The van der Waals surface area contributed by atoms with Crippen molar-refractivity contribution in [1.82, 2.24) is 0 Å². The molecule has 0 aliphatic carbocycles. The molecule has 2 aromatic carbocycles. The van der Waals surface area contributed by atoms with Crippen LogP contribution < -0.4 is 19.3 Å². The van der Waals surface area contributed by atoms with E-state index in [0.29, 0.717) is 30.7 Å². The minimum Gasteiger partial charge on any atom is -0.454 e. The molecule has 2 fully saturated rings. The Labute approximate surface area is 198 Å². The zero-order valence-corrected chi connectivity index (χ0v) is 20.5. The van der Waals surface area contributed by atoms with Gasteiger partial charge in [-0.3, -0.25) is 0 Å². The van der Waals surface area contributed by atoms with E-state index < -0.39 is 0 Å². The highest BCUT2D eigenvalue weighted by atomic mass is 16.7. The number of rotatable bonds is 7. The van der Waals surface area contributed by atoms with Gasteiger partial charge < -0.3 is 24.0 Å². The Kier molecular flexibility index (Phi) is 6.42. The van der Waals surface area contributed by atoms with Gasteiger partial charge in [0.1, 0.15) is 0 Å². The van der Waals surface area contributed by atoms with Crippen LogP contribution in [-0.2, 0) is 11.2 Å². The van der Waals surface area contributed by atoms with Crippen molar-refractivity contribution < 1.29 is 14.2 Å². The number of anilines is 2. The molecule has 3 aliphatic heterocycles. The van der Waals surface area contributed by atoms with Crippen LogP contribution in [0, 0.1) is 11.8 Å². The average Bonchev–Trinajstić information content (AvgIpc) is 3.57. The van der Waals surface area contributed by atoms with Crippen LogP contribution >= 0.6 is 0 Å². The van der Waals surface area contributed by atoms with Crippen LogP contribution in [0.2, 0.25) is 0 Å². The fourth-order valence-corrected chi connectivity index (χ4v) is 6.30.